The van der Waals surface area contributed by atoms with Crippen LogP contribution in [0.15, 0.2) is 48.4 Å². The Morgan fingerprint density at radius 1 is 1.05 bits per heavy atom. The highest BCUT2D eigenvalue weighted by Crippen LogP contribution is 2.34. The molecule has 0 bridgehead atoms. The van der Waals surface area contributed by atoms with Gasteiger partial charge in [-0.15, -0.1) is 0 Å². The van der Waals surface area contributed by atoms with E-state index in [1.165, 1.54) is 26.3 Å². The summed E-state index contributed by atoms with van der Waals surface area (Å²) < 4.78 is 33.2. The van der Waals surface area contributed by atoms with E-state index in [1.54, 1.807) is 0 Å². The number of ether oxygens (including phenoxy) is 1. The molecule has 11 heteroatoms. The monoisotopic (exact) mass is 615 g/mol. The number of hydrogen-bond acceptors (Lipinski definition) is 9. The summed E-state index contributed by atoms with van der Waals surface area (Å²) in [6.07, 6.45) is 3.81. The summed E-state index contributed by atoms with van der Waals surface area (Å²) in [5, 5.41) is 13.0. The lowest BCUT2D eigenvalue weighted by atomic mass is 10.0. The van der Waals surface area contributed by atoms with Gasteiger partial charge in [-0.25, -0.2) is 8.42 Å². The van der Waals surface area contributed by atoms with Crippen LogP contribution in [-0.2, 0) is 22.9 Å². The molecule has 6 rings (SSSR count). The Morgan fingerprint density at radius 2 is 1.84 bits per heavy atom. The maximum atomic E-state index is 12.8. The number of hydrogen-bond donors (Lipinski definition) is 0. The largest absolute Gasteiger partial charge is 0.462 e. The van der Waals surface area contributed by atoms with E-state index in [4.69, 9.17) is 14.7 Å². The van der Waals surface area contributed by atoms with Crippen LogP contribution in [0.2, 0.25) is 0 Å². The average molecular weight is 616 g/mol. The van der Waals surface area contributed by atoms with Crippen molar-refractivity contribution < 1.29 is 13.2 Å². The Balaban J connectivity index is 1.33. The molecule has 1 aromatic heterocycles. The Labute approximate surface area is 260 Å². The summed E-state index contributed by atoms with van der Waals surface area (Å²) in [6.45, 7) is 9.94. The van der Waals surface area contributed by atoms with Gasteiger partial charge in [0.05, 0.1) is 24.2 Å². The third kappa shape index (κ3) is 5.99. The lowest BCUT2D eigenvalue weighted by Crippen LogP contribution is -2.55. The van der Waals surface area contributed by atoms with Crippen LogP contribution in [-0.4, -0.2) is 92.6 Å². The summed E-state index contributed by atoms with van der Waals surface area (Å²) in [5.74, 6) is 0.791. The molecule has 2 aromatic carbocycles. The summed E-state index contributed by atoms with van der Waals surface area (Å²) in [5.41, 5.74) is 4.53. The molecule has 0 N–H and O–H groups in total. The maximum Gasteiger partial charge on any atom is 0.318 e. The molecule has 0 aliphatic carbocycles. The van der Waals surface area contributed by atoms with E-state index >= 15 is 0 Å². The molecule has 0 radical (unpaired) electrons. The van der Waals surface area contributed by atoms with Gasteiger partial charge in [0.15, 0.2) is 0 Å². The minimum Gasteiger partial charge on any atom is -0.462 e. The number of piperazine rings is 1. The molecule has 10 nitrogen and oxygen atoms in total. The van der Waals surface area contributed by atoms with Crippen LogP contribution >= 0.6 is 0 Å². The topological polar surface area (TPSA) is 106 Å². The molecule has 232 valence electrons. The highest BCUT2D eigenvalue weighted by Gasteiger charge is 2.36. The van der Waals surface area contributed by atoms with E-state index in [1.807, 2.05) is 0 Å². The normalized spacial score (nSPS) is 21.6. The molecule has 3 aliphatic heterocycles. The number of rotatable bonds is 8. The fourth-order valence-electron chi connectivity index (χ4n) is 6.99. The van der Waals surface area contributed by atoms with Gasteiger partial charge in [0.25, 0.3) is 0 Å². The molecule has 3 aliphatic rings. The fraction of sp³-hybridized carbons (Fsp3) is 0.485. The van der Waals surface area contributed by atoms with Gasteiger partial charge in [0.2, 0.25) is 10.0 Å². The van der Waals surface area contributed by atoms with Gasteiger partial charge in [0, 0.05) is 67.2 Å². The Kier molecular flexibility index (Phi) is 8.76. The third-order valence-corrected chi connectivity index (χ3v) is 11.0. The number of fused-ring (bicyclic) bond motifs is 2. The number of aryl methyl sites for hydroxylation is 1. The van der Waals surface area contributed by atoms with Gasteiger partial charge in [-0.2, -0.15) is 19.5 Å². The fourth-order valence-corrected chi connectivity index (χ4v) is 8.07. The van der Waals surface area contributed by atoms with Crippen LogP contribution < -0.4 is 14.5 Å². The lowest BCUT2D eigenvalue weighted by Gasteiger charge is -2.40. The zero-order valence-corrected chi connectivity index (χ0v) is 26.5. The van der Waals surface area contributed by atoms with E-state index in [9.17, 15) is 13.7 Å². The molecule has 0 saturated carbocycles. The standard InChI is InChI=1S/C33H41N7O3S/c1-4-44(41,42)40-21-20-39(22-26(40)13-16-34)32-28-14-18-38(30-12-6-10-25-9-5-8-24(2)31(25)30)19-15-29(28)35-33(36-32)43-23-27-11-7-17-37(27)3/h4-6,8-10,12,26-27H,1,7,11,13-15,17-23H2,2-3H3/t26-,27-/m0/s1. The highest BCUT2D eigenvalue weighted by atomic mass is 32.2. The van der Waals surface area contributed by atoms with E-state index in [0.717, 1.165) is 67.8 Å². The molecule has 4 heterocycles. The first-order valence-electron chi connectivity index (χ1n) is 15.5. The van der Waals surface area contributed by atoms with Crippen molar-refractivity contribution in [3.8, 4) is 12.1 Å². The second kappa shape index (κ2) is 12.7. The Morgan fingerprint density at radius 3 is 2.59 bits per heavy atom. The molecule has 2 atom stereocenters. The number of likely N-dealkylation sites (N-methyl/N-ethyl adjacent to an activating group) is 1. The van der Waals surface area contributed by atoms with Crippen LogP contribution in [0, 0.1) is 18.3 Å². The van der Waals surface area contributed by atoms with Crippen molar-refractivity contribution in [3.05, 3.63) is 65.2 Å². The first-order chi connectivity index (χ1) is 21.3. The lowest BCUT2D eigenvalue weighted by molar-refractivity contribution is 0.187. The summed E-state index contributed by atoms with van der Waals surface area (Å²) in [6, 6.07) is 15.3. The van der Waals surface area contributed by atoms with E-state index in [2.05, 4.69) is 77.7 Å². The Hall–Kier alpha value is -3.72. The first-order valence-corrected chi connectivity index (χ1v) is 17.0. The van der Waals surface area contributed by atoms with Crippen LogP contribution in [0.25, 0.3) is 10.8 Å². The summed E-state index contributed by atoms with van der Waals surface area (Å²) in [7, 11) is -1.54. The van der Waals surface area contributed by atoms with Gasteiger partial charge in [-0.1, -0.05) is 36.9 Å². The number of nitriles is 1. The van der Waals surface area contributed by atoms with Crippen LogP contribution in [0.3, 0.4) is 0 Å². The zero-order valence-electron chi connectivity index (χ0n) is 25.7. The van der Waals surface area contributed by atoms with Gasteiger partial charge in [-0.05, 0) is 56.8 Å². The van der Waals surface area contributed by atoms with Gasteiger partial charge in [0.1, 0.15) is 12.4 Å². The van der Waals surface area contributed by atoms with Crippen molar-refractivity contribution in [2.45, 2.75) is 51.1 Å². The second-order valence-electron chi connectivity index (χ2n) is 12.1. The molecule has 44 heavy (non-hydrogen) atoms. The summed E-state index contributed by atoms with van der Waals surface area (Å²) >= 11 is 0. The number of aromatic nitrogens is 2. The van der Waals surface area contributed by atoms with E-state index in [0.29, 0.717) is 31.7 Å². The molecular formula is C33H41N7O3S. The van der Waals surface area contributed by atoms with Crippen molar-refractivity contribution in [2.24, 2.45) is 0 Å². The van der Waals surface area contributed by atoms with Crippen molar-refractivity contribution in [1.29, 1.82) is 5.26 Å². The molecule has 2 fully saturated rings. The van der Waals surface area contributed by atoms with E-state index < -0.39 is 16.1 Å². The quantitative estimate of drug-likeness (QED) is 0.373. The Bertz CT molecular complexity index is 1680. The van der Waals surface area contributed by atoms with Crippen LogP contribution in [0.5, 0.6) is 6.01 Å². The van der Waals surface area contributed by atoms with Crippen molar-refractivity contribution in [3.63, 3.8) is 0 Å². The van der Waals surface area contributed by atoms with Gasteiger partial charge < -0.3 is 19.4 Å². The number of benzene rings is 2. The van der Waals surface area contributed by atoms with Crippen LogP contribution in [0.4, 0.5) is 11.5 Å². The predicted molar refractivity (Wildman–Crippen MR) is 174 cm³/mol. The van der Waals surface area contributed by atoms with Crippen LogP contribution in [0.1, 0.15) is 36.1 Å². The summed E-state index contributed by atoms with van der Waals surface area (Å²) in [4.78, 5) is 16.8. The minimum atomic E-state index is -3.66. The van der Waals surface area contributed by atoms with Gasteiger partial charge in [-0.3, -0.25) is 0 Å². The molecule has 0 spiro atoms. The zero-order chi connectivity index (χ0) is 30.8. The average Bonchev–Trinajstić information content (AvgIpc) is 3.32. The van der Waals surface area contributed by atoms with Crippen molar-refractivity contribution in [2.75, 3.05) is 62.7 Å². The highest BCUT2D eigenvalue weighted by molar-refractivity contribution is 7.92. The molecule has 3 aromatic rings. The molecule has 2 saturated heterocycles. The number of nitrogens with zero attached hydrogens (tertiary/aromatic N) is 7. The van der Waals surface area contributed by atoms with Crippen molar-refractivity contribution >= 4 is 32.3 Å². The molecule has 0 amide bonds. The molecular weight excluding hydrogens is 574 g/mol. The number of sulfonamides is 1. The smallest absolute Gasteiger partial charge is 0.318 e. The first kappa shape index (κ1) is 30.3. The van der Waals surface area contributed by atoms with E-state index in [-0.39, 0.29) is 13.0 Å². The minimum absolute atomic E-state index is 0.0857. The second-order valence-corrected chi connectivity index (χ2v) is 13.9. The SMILES string of the molecule is C=CS(=O)(=O)N1CCN(c2nc(OC[C@@H]3CCCN3C)nc3c2CCN(c2cccc4cccc(C)c24)CC3)C[C@@H]1CC#N. The van der Waals surface area contributed by atoms with Gasteiger partial charge >= 0.3 is 6.01 Å². The van der Waals surface area contributed by atoms with Crippen molar-refractivity contribution in [1.82, 2.24) is 19.2 Å². The third-order valence-electron chi connectivity index (χ3n) is 9.40. The molecule has 0 unspecified atom stereocenters. The predicted octanol–water partition coefficient (Wildman–Crippen LogP) is 3.89. The number of anilines is 2. The number of likely N-dealkylation sites (tertiary alicyclic amines) is 1. The maximum absolute atomic E-state index is 12.8.